The Morgan fingerprint density at radius 2 is 1.86 bits per heavy atom. The number of carbonyl (C=O) groups is 1. The quantitative estimate of drug-likeness (QED) is 0.495. The van der Waals surface area contributed by atoms with E-state index in [0.29, 0.717) is 5.16 Å². The van der Waals surface area contributed by atoms with E-state index >= 15 is 0 Å². The third-order valence-corrected chi connectivity index (χ3v) is 5.75. The Labute approximate surface area is 173 Å². The van der Waals surface area contributed by atoms with Crippen LogP contribution < -0.4 is 5.32 Å². The van der Waals surface area contributed by atoms with Gasteiger partial charge in [0, 0.05) is 11.1 Å². The average Bonchev–Trinajstić information content (AvgIpc) is 3.16. The van der Waals surface area contributed by atoms with E-state index in [1.165, 1.54) is 17.3 Å². The SMILES string of the molecule is Cc1ccc(-n2nnnc2S[C@H](C)C(=O)Nc2cccc3ccccc23)c(C)c1. The molecule has 0 aliphatic carbocycles. The molecular formula is C22H21N5OS. The van der Waals surface area contributed by atoms with Gasteiger partial charge in [0.2, 0.25) is 11.1 Å². The summed E-state index contributed by atoms with van der Waals surface area (Å²) in [5, 5.41) is 17.4. The topological polar surface area (TPSA) is 72.7 Å². The van der Waals surface area contributed by atoms with E-state index in [-0.39, 0.29) is 11.2 Å². The molecule has 146 valence electrons. The van der Waals surface area contributed by atoms with E-state index in [9.17, 15) is 4.79 Å². The first-order chi connectivity index (χ1) is 14.0. The van der Waals surface area contributed by atoms with Crippen molar-refractivity contribution in [3.63, 3.8) is 0 Å². The van der Waals surface area contributed by atoms with Gasteiger partial charge in [0.05, 0.1) is 10.9 Å². The van der Waals surface area contributed by atoms with Crippen molar-refractivity contribution < 1.29 is 4.79 Å². The van der Waals surface area contributed by atoms with Gasteiger partial charge in [-0.15, -0.1) is 5.10 Å². The summed E-state index contributed by atoms with van der Waals surface area (Å²) in [5.41, 5.74) is 3.96. The molecule has 0 fully saturated rings. The normalized spacial score (nSPS) is 12.1. The smallest absolute Gasteiger partial charge is 0.237 e. The zero-order chi connectivity index (χ0) is 20.4. The number of nitrogens with zero attached hydrogens (tertiary/aromatic N) is 4. The number of aryl methyl sites for hydroxylation is 2. The van der Waals surface area contributed by atoms with Gasteiger partial charge in [-0.05, 0) is 54.3 Å². The largest absolute Gasteiger partial charge is 0.325 e. The maximum absolute atomic E-state index is 12.8. The van der Waals surface area contributed by atoms with Gasteiger partial charge in [-0.2, -0.15) is 4.68 Å². The number of tetrazole rings is 1. The van der Waals surface area contributed by atoms with Crippen LogP contribution in [-0.2, 0) is 4.79 Å². The first kappa shape index (κ1) is 19.1. The molecular weight excluding hydrogens is 382 g/mol. The van der Waals surface area contributed by atoms with Crippen molar-refractivity contribution >= 4 is 34.1 Å². The van der Waals surface area contributed by atoms with Gasteiger partial charge in [-0.25, -0.2) is 0 Å². The molecule has 4 aromatic rings. The Morgan fingerprint density at radius 3 is 2.69 bits per heavy atom. The predicted octanol–water partition coefficient (Wildman–Crippen LogP) is 4.55. The molecule has 0 aliphatic rings. The number of amides is 1. The second kappa shape index (κ2) is 8.05. The van der Waals surface area contributed by atoms with Crippen LogP contribution in [0.2, 0.25) is 0 Å². The molecule has 1 amide bonds. The molecule has 7 heteroatoms. The van der Waals surface area contributed by atoms with E-state index < -0.39 is 0 Å². The Morgan fingerprint density at radius 1 is 1.07 bits per heavy atom. The molecule has 0 spiro atoms. The molecule has 0 aliphatic heterocycles. The van der Waals surface area contributed by atoms with Crippen LogP contribution in [0.4, 0.5) is 5.69 Å². The molecule has 0 radical (unpaired) electrons. The first-order valence-corrected chi connectivity index (χ1v) is 10.2. The number of hydrogen-bond donors (Lipinski definition) is 1. The number of rotatable bonds is 5. The fourth-order valence-electron chi connectivity index (χ4n) is 3.23. The van der Waals surface area contributed by atoms with Crippen molar-refractivity contribution in [3.8, 4) is 5.69 Å². The summed E-state index contributed by atoms with van der Waals surface area (Å²) in [6.45, 7) is 5.92. The number of anilines is 1. The molecule has 0 saturated carbocycles. The summed E-state index contributed by atoms with van der Waals surface area (Å²) >= 11 is 1.33. The zero-order valence-corrected chi connectivity index (χ0v) is 17.3. The van der Waals surface area contributed by atoms with Gasteiger partial charge in [-0.3, -0.25) is 4.79 Å². The van der Waals surface area contributed by atoms with Crippen LogP contribution in [0.5, 0.6) is 0 Å². The summed E-state index contributed by atoms with van der Waals surface area (Å²) in [5.74, 6) is -0.0958. The number of benzene rings is 3. The number of carbonyl (C=O) groups excluding carboxylic acids is 1. The van der Waals surface area contributed by atoms with Crippen LogP contribution in [0, 0.1) is 13.8 Å². The van der Waals surface area contributed by atoms with Crippen LogP contribution in [0.15, 0.2) is 65.8 Å². The van der Waals surface area contributed by atoms with E-state index in [1.54, 1.807) is 4.68 Å². The molecule has 1 atom stereocenters. The fourth-order valence-corrected chi connectivity index (χ4v) is 4.03. The number of fused-ring (bicyclic) bond motifs is 1. The Balaban J connectivity index is 1.53. The Hall–Kier alpha value is -3.19. The number of thioether (sulfide) groups is 1. The van der Waals surface area contributed by atoms with E-state index in [2.05, 4.69) is 26.9 Å². The lowest BCUT2D eigenvalue weighted by Crippen LogP contribution is -2.23. The van der Waals surface area contributed by atoms with Gasteiger partial charge in [0.1, 0.15) is 0 Å². The van der Waals surface area contributed by atoms with Crippen molar-refractivity contribution in [1.29, 1.82) is 0 Å². The van der Waals surface area contributed by atoms with E-state index in [1.807, 2.05) is 75.4 Å². The third-order valence-electron chi connectivity index (χ3n) is 4.72. The second-order valence-electron chi connectivity index (χ2n) is 6.94. The molecule has 0 bridgehead atoms. The lowest BCUT2D eigenvalue weighted by atomic mass is 10.1. The Bertz CT molecular complexity index is 1180. The number of hydrogen-bond acceptors (Lipinski definition) is 5. The summed E-state index contributed by atoms with van der Waals surface area (Å²) in [7, 11) is 0. The minimum atomic E-state index is -0.371. The molecule has 0 saturated heterocycles. The van der Waals surface area contributed by atoms with Crippen LogP contribution in [0.25, 0.3) is 16.5 Å². The highest BCUT2D eigenvalue weighted by molar-refractivity contribution is 8.00. The number of aromatic nitrogens is 4. The highest BCUT2D eigenvalue weighted by Gasteiger charge is 2.20. The minimum Gasteiger partial charge on any atom is -0.325 e. The molecule has 6 nitrogen and oxygen atoms in total. The highest BCUT2D eigenvalue weighted by atomic mass is 32.2. The monoisotopic (exact) mass is 403 g/mol. The summed E-state index contributed by atoms with van der Waals surface area (Å²) in [6, 6.07) is 20.0. The van der Waals surface area contributed by atoms with Crippen molar-refractivity contribution in [2.24, 2.45) is 0 Å². The molecule has 4 rings (SSSR count). The molecule has 29 heavy (non-hydrogen) atoms. The lowest BCUT2D eigenvalue weighted by molar-refractivity contribution is -0.115. The third kappa shape index (κ3) is 4.00. The van der Waals surface area contributed by atoms with Crippen LogP contribution in [-0.4, -0.2) is 31.4 Å². The van der Waals surface area contributed by atoms with Gasteiger partial charge in [0.25, 0.3) is 0 Å². The second-order valence-corrected chi connectivity index (χ2v) is 8.25. The first-order valence-electron chi connectivity index (χ1n) is 9.34. The van der Waals surface area contributed by atoms with Gasteiger partial charge in [0.15, 0.2) is 0 Å². The summed E-state index contributed by atoms with van der Waals surface area (Å²) < 4.78 is 1.68. The summed E-state index contributed by atoms with van der Waals surface area (Å²) in [6.07, 6.45) is 0. The molecule has 3 aromatic carbocycles. The maximum Gasteiger partial charge on any atom is 0.237 e. The van der Waals surface area contributed by atoms with Crippen molar-refractivity contribution in [2.75, 3.05) is 5.32 Å². The van der Waals surface area contributed by atoms with E-state index in [0.717, 1.165) is 27.7 Å². The van der Waals surface area contributed by atoms with Crippen LogP contribution in [0.1, 0.15) is 18.1 Å². The maximum atomic E-state index is 12.8. The number of nitrogens with one attached hydrogen (secondary N) is 1. The molecule has 1 N–H and O–H groups in total. The highest BCUT2D eigenvalue weighted by Crippen LogP contribution is 2.27. The lowest BCUT2D eigenvalue weighted by Gasteiger charge is -2.14. The standard InChI is InChI=1S/C22H21N5OS/c1-14-11-12-20(15(2)13-14)27-22(24-25-26-27)29-16(3)21(28)23-19-10-6-8-17-7-4-5-9-18(17)19/h4-13,16H,1-3H3,(H,23,28)/t16-/m1/s1. The van der Waals surface area contributed by atoms with E-state index in [4.69, 9.17) is 0 Å². The zero-order valence-electron chi connectivity index (χ0n) is 16.5. The predicted molar refractivity (Wildman–Crippen MR) is 117 cm³/mol. The fraction of sp³-hybridized carbons (Fsp3) is 0.182. The van der Waals surface area contributed by atoms with Crippen molar-refractivity contribution in [2.45, 2.75) is 31.2 Å². The van der Waals surface area contributed by atoms with Crippen molar-refractivity contribution in [1.82, 2.24) is 20.2 Å². The van der Waals surface area contributed by atoms with Crippen LogP contribution >= 0.6 is 11.8 Å². The molecule has 0 unspecified atom stereocenters. The van der Waals surface area contributed by atoms with Crippen LogP contribution in [0.3, 0.4) is 0 Å². The Kier molecular flexibility index (Phi) is 5.31. The average molecular weight is 404 g/mol. The van der Waals surface area contributed by atoms with Crippen molar-refractivity contribution in [3.05, 3.63) is 71.8 Å². The molecule has 1 aromatic heterocycles. The molecule has 1 heterocycles. The van der Waals surface area contributed by atoms with Gasteiger partial charge < -0.3 is 5.32 Å². The minimum absolute atomic E-state index is 0.0958. The van der Waals surface area contributed by atoms with Gasteiger partial charge >= 0.3 is 0 Å². The van der Waals surface area contributed by atoms with Gasteiger partial charge in [-0.1, -0.05) is 65.9 Å². The summed E-state index contributed by atoms with van der Waals surface area (Å²) in [4.78, 5) is 12.8.